The Kier molecular flexibility index (Phi) is 4.36. The molecule has 3 rings (SSSR count). The van der Waals surface area contributed by atoms with Crippen molar-refractivity contribution in [2.45, 2.75) is 44.3 Å². The lowest BCUT2D eigenvalue weighted by Crippen LogP contribution is -2.50. The highest BCUT2D eigenvalue weighted by Gasteiger charge is 2.33. The van der Waals surface area contributed by atoms with Crippen molar-refractivity contribution in [1.29, 1.82) is 0 Å². The van der Waals surface area contributed by atoms with Crippen LogP contribution in [0.2, 0.25) is 5.02 Å². The van der Waals surface area contributed by atoms with E-state index >= 15 is 0 Å². The van der Waals surface area contributed by atoms with Gasteiger partial charge in [-0.05, 0) is 37.8 Å². The molecular formula is C16H21ClN2O2. The molecule has 1 aliphatic heterocycles. The van der Waals surface area contributed by atoms with Gasteiger partial charge < -0.3 is 15.0 Å². The zero-order valence-corrected chi connectivity index (χ0v) is 13.0. The van der Waals surface area contributed by atoms with Gasteiger partial charge in [0, 0.05) is 23.2 Å². The minimum atomic E-state index is -0.0280. The second-order valence-electron chi connectivity index (χ2n) is 5.82. The van der Waals surface area contributed by atoms with Crippen molar-refractivity contribution >= 4 is 17.5 Å². The lowest BCUT2D eigenvalue weighted by atomic mass is 10.0. The zero-order valence-electron chi connectivity index (χ0n) is 12.3. The highest BCUT2D eigenvalue weighted by Crippen LogP contribution is 2.29. The number of nitrogens with zero attached hydrogens (tertiary/aromatic N) is 1. The Labute approximate surface area is 130 Å². The van der Waals surface area contributed by atoms with Gasteiger partial charge in [-0.25, -0.2) is 0 Å². The molecule has 1 aromatic carbocycles. The van der Waals surface area contributed by atoms with Crippen LogP contribution in [-0.4, -0.2) is 36.5 Å². The van der Waals surface area contributed by atoms with E-state index in [1.54, 1.807) is 7.11 Å². The SMILES string of the molecule is COc1cccc(Cl)c1CN1CCCC(NC2CC2)C1=O. The Morgan fingerprint density at radius 1 is 1.38 bits per heavy atom. The van der Waals surface area contributed by atoms with Crippen LogP contribution in [0.15, 0.2) is 18.2 Å². The van der Waals surface area contributed by atoms with Crippen molar-refractivity contribution in [2.24, 2.45) is 0 Å². The molecular weight excluding hydrogens is 288 g/mol. The summed E-state index contributed by atoms with van der Waals surface area (Å²) in [6.45, 7) is 1.31. The Bertz CT molecular complexity index is 531. The highest BCUT2D eigenvalue weighted by atomic mass is 35.5. The number of nitrogens with one attached hydrogen (secondary N) is 1. The molecule has 1 aromatic rings. The number of ether oxygens (including phenoxy) is 1. The first-order valence-corrected chi connectivity index (χ1v) is 7.93. The molecule has 1 amide bonds. The monoisotopic (exact) mass is 308 g/mol. The molecule has 1 unspecified atom stereocenters. The topological polar surface area (TPSA) is 41.6 Å². The van der Waals surface area contributed by atoms with Crippen molar-refractivity contribution in [2.75, 3.05) is 13.7 Å². The van der Waals surface area contributed by atoms with Crippen LogP contribution in [0.1, 0.15) is 31.2 Å². The van der Waals surface area contributed by atoms with Crippen molar-refractivity contribution in [3.63, 3.8) is 0 Å². The molecule has 5 heteroatoms. The van der Waals surface area contributed by atoms with E-state index in [2.05, 4.69) is 5.32 Å². The molecule has 1 N–H and O–H groups in total. The highest BCUT2D eigenvalue weighted by molar-refractivity contribution is 6.31. The van der Waals surface area contributed by atoms with Crippen LogP contribution in [0.3, 0.4) is 0 Å². The maximum absolute atomic E-state index is 12.6. The summed E-state index contributed by atoms with van der Waals surface area (Å²) in [4.78, 5) is 14.5. The quantitative estimate of drug-likeness (QED) is 0.909. The van der Waals surface area contributed by atoms with Crippen LogP contribution >= 0.6 is 11.6 Å². The molecule has 0 aromatic heterocycles. The van der Waals surface area contributed by atoms with Crippen molar-refractivity contribution in [3.05, 3.63) is 28.8 Å². The van der Waals surface area contributed by atoms with E-state index in [0.717, 1.165) is 30.7 Å². The molecule has 1 saturated carbocycles. The molecule has 21 heavy (non-hydrogen) atoms. The molecule has 1 atom stereocenters. The molecule has 0 spiro atoms. The minimum absolute atomic E-state index is 0.0280. The van der Waals surface area contributed by atoms with Crippen LogP contribution in [0, 0.1) is 0 Å². The van der Waals surface area contributed by atoms with Gasteiger partial charge in [0.2, 0.25) is 5.91 Å². The molecule has 0 bridgehead atoms. The third-order valence-corrected chi connectivity index (χ3v) is 4.54. The maximum atomic E-state index is 12.6. The van der Waals surface area contributed by atoms with Crippen molar-refractivity contribution < 1.29 is 9.53 Å². The number of likely N-dealkylation sites (tertiary alicyclic amines) is 1. The van der Waals surface area contributed by atoms with Crippen LogP contribution in [0.5, 0.6) is 5.75 Å². The van der Waals surface area contributed by atoms with Crippen molar-refractivity contribution in [3.8, 4) is 5.75 Å². The summed E-state index contributed by atoms with van der Waals surface area (Å²) in [6, 6.07) is 6.11. The number of benzene rings is 1. The first-order valence-electron chi connectivity index (χ1n) is 7.55. The van der Waals surface area contributed by atoms with E-state index < -0.39 is 0 Å². The first-order chi connectivity index (χ1) is 10.2. The number of amides is 1. The molecule has 114 valence electrons. The first kappa shape index (κ1) is 14.7. The van der Waals surface area contributed by atoms with Crippen LogP contribution in [0.4, 0.5) is 0 Å². The van der Waals surface area contributed by atoms with Gasteiger partial charge >= 0.3 is 0 Å². The van der Waals surface area contributed by atoms with E-state index in [1.807, 2.05) is 23.1 Å². The second kappa shape index (κ2) is 6.24. The predicted molar refractivity (Wildman–Crippen MR) is 82.6 cm³/mol. The predicted octanol–water partition coefficient (Wildman–Crippen LogP) is 2.59. The summed E-state index contributed by atoms with van der Waals surface area (Å²) in [5.74, 6) is 0.933. The van der Waals surface area contributed by atoms with Gasteiger partial charge in [0.05, 0.1) is 19.7 Å². The summed E-state index contributed by atoms with van der Waals surface area (Å²) in [6.07, 6.45) is 4.36. The summed E-state index contributed by atoms with van der Waals surface area (Å²) < 4.78 is 5.37. The van der Waals surface area contributed by atoms with Crippen LogP contribution < -0.4 is 10.1 Å². The van der Waals surface area contributed by atoms with E-state index in [-0.39, 0.29) is 11.9 Å². The van der Waals surface area contributed by atoms with Gasteiger partial charge in [0.25, 0.3) is 0 Å². The van der Waals surface area contributed by atoms with E-state index in [9.17, 15) is 4.79 Å². The van der Waals surface area contributed by atoms with Gasteiger partial charge in [-0.3, -0.25) is 4.79 Å². The summed E-state index contributed by atoms with van der Waals surface area (Å²) >= 11 is 6.27. The normalized spacial score (nSPS) is 22.5. The van der Waals surface area contributed by atoms with E-state index in [4.69, 9.17) is 16.3 Å². The van der Waals surface area contributed by atoms with Gasteiger partial charge in [-0.2, -0.15) is 0 Å². The lowest BCUT2D eigenvalue weighted by Gasteiger charge is -2.33. The lowest BCUT2D eigenvalue weighted by molar-refractivity contribution is -0.136. The number of carbonyl (C=O) groups is 1. The van der Waals surface area contributed by atoms with Gasteiger partial charge in [-0.1, -0.05) is 17.7 Å². The Morgan fingerprint density at radius 2 is 2.19 bits per heavy atom. The zero-order chi connectivity index (χ0) is 14.8. The van der Waals surface area contributed by atoms with E-state index in [0.29, 0.717) is 17.6 Å². The molecule has 1 heterocycles. The third-order valence-electron chi connectivity index (χ3n) is 4.19. The molecule has 1 saturated heterocycles. The number of hydrogen-bond donors (Lipinski definition) is 1. The number of rotatable bonds is 5. The Morgan fingerprint density at radius 3 is 2.90 bits per heavy atom. The van der Waals surface area contributed by atoms with Gasteiger partial charge in [-0.15, -0.1) is 0 Å². The number of halogens is 1. The number of carbonyl (C=O) groups excluding carboxylic acids is 1. The smallest absolute Gasteiger partial charge is 0.240 e. The van der Waals surface area contributed by atoms with Crippen LogP contribution in [-0.2, 0) is 11.3 Å². The summed E-state index contributed by atoms with van der Waals surface area (Å²) in [5, 5.41) is 4.10. The fraction of sp³-hybridized carbons (Fsp3) is 0.562. The van der Waals surface area contributed by atoms with Crippen molar-refractivity contribution in [1.82, 2.24) is 10.2 Å². The fourth-order valence-electron chi connectivity index (χ4n) is 2.86. The Hall–Kier alpha value is -1.26. The molecule has 0 radical (unpaired) electrons. The number of piperidine rings is 1. The average Bonchev–Trinajstić information content (AvgIpc) is 3.29. The summed E-state index contributed by atoms with van der Waals surface area (Å²) in [5.41, 5.74) is 0.891. The standard InChI is InChI=1S/C16H21ClN2O2/c1-21-15-6-2-4-13(17)12(15)10-19-9-3-5-14(16(19)20)18-11-7-8-11/h2,4,6,11,14,18H,3,5,7-10H2,1H3. The van der Waals surface area contributed by atoms with Gasteiger partial charge in [0.1, 0.15) is 5.75 Å². The summed E-state index contributed by atoms with van der Waals surface area (Å²) in [7, 11) is 1.63. The molecule has 2 fully saturated rings. The maximum Gasteiger partial charge on any atom is 0.240 e. The largest absolute Gasteiger partial charge is 0.496 e. The fourth-order valence-corrected chi connectivity index (χ4v) is 3.09. The molecule has 1 aliphatic carbocycles. The van der Waals surface area contributed by atoms with Crippen LogP contribution in [0.25, 0.3) is 0 Å². The number of hydrogen-bond acceptors (Lipinski definition) is 3. The molecule has 4 nitrogen and oxygen atoms in total. The minimum Gasteiger partial charge on any atom is -0.496 e. The third kappa shape index (κ3) is 3.33. The molecule has 2 aliphatic rings. The van der Waals surface area contributed by atoms with Gasteiger partial charge in [0.15, 0.2) is 0 Å². The van der Waals surface area contributed by atoms with E-state index in [1.165, 1.54) is 12.8 Å². The second-order valence-corrected chi connectivity index (χ2v) is 6.22. The Balaban J connectivity index is 1.73. The number of methoxy groups -OCH3 is 1. The average molecular weight is 309 g/mol.